The summed E-state index contributed by atoms with van der Waals surface area (Å²) in [6.45, 7) is 11.4. The summed E-state index contributed by atoms with van der Waals surface area (Å²) in [5.74, 6) is -9.54. The van der Waals surface area contributed by atoms with E-state index in [-0.39, 0.29) is 44.7 Å². The number of anilines is 1. The molecular formula is C39H49NO14. The van der Waals surface area contributed by atoms with Gasteiger partial charge in [0.05, 0.1) is 41.2 Å². The zero-order valence-electron chi connectivity index (χ0n) is 31.7. The predicted octanol–water partition coefficient (Wildman–Crippen LogP) is 4.51. The number of benzene rings is 2. The van der Waals surface area contributed by atoms with E-state index >= 15 is 0 Å². The molecule has 6 N–H and O–H groups in total. The Morgan fingerprint density at radius 3 is 2.24 bits per heavy atom. The summed E-state index contributed by atoms with van der Waals surface area (Å²) in [6.07, 6.45) is 3.37. The second-order valence-corrected chi connectivity index (χ2v) is 14.1. The third-order valence-electron chi connectivity index (χ3n) is 10.2. The minimum atomic E-state index is -2.05. The maximum absolute atomic E-state index is 14.2. The number of carbonyl (C=O) groups excluding carboxylic acids is 3. The predicted molar refractivity (Wildman–Crippen MR) is 195 cm³/mol. The average Bonchev–Trinajstić information content (AvgIpc) is 3.38. The molecule has 3 aliphatic rings. The zero-order valence-corrected chi connectivity index (χ0v) is 31.7. The van der Waals surface area contributed by atoms with Crippen LogP contribution in [-0.4, -0.2) is 93.1 Å². The first kappa shape index (κ1) is 41.6. The van der Waals surface area contributed by atoms with Crippen molar-refractivity contribution < 1.29 is 68.4 Å². The molecule has 15 nitrogen and oxygen atoms in total. The van der Waals surface area contributed by atoms with E-state index in [1.54, 1.807) is 39.8 Å². The van der Waals surface area contributed by atoms with Gasteiger partial charge in [0.2, 0.25) is 0 Å². The Kier molecular flexibility index (Phi) is 12.7. The number of hydrogen-bond donors (Lipinski definition) is 6. The topological polar surface area (TPSA) is 228 Å². The number of allylic oxidation sites excluding steroid dienone is 2. The minimum Gasteiger partial charge on any atom is -0.507 e. The number of aliphatic carboxylic acids is 1. The molecule has 0 spiro atoms. The molecule has 54 heavy (non-hydrogen) atoms. The number of phenolic OH excluding ortho intramolecular Hbond substituents is 2. The van der Waals surface area contributed by atoms with Crippen molar-refractivity contribution in [2.24, 2.45) is 23.7 Å². The van der Waals surface area contributed by atoms with Crippen molar-refractivity contribution >= 4 is 40.1 Å². The quantitative estimate of drug-likeness (QED) is 0.182. The Morgan fingerprint density at radius 2 is 1.63 bits per heavy atom. The molecule has 5 rings (SSSR count). The summed E-state index contributed by atoms with van der Waals surface area (Å²) < 4.78 is 28.9. The number of rotatable bonds is 5. The van der Waals surface area contributed by atoms with E-state index in [9.17, 15) is 44.7 Å². The maximum atomic E-state index is 14.2. The first-order valence-corrected chi connectivity index (χ1v) is 17.5. The lowest BCUT2D eigenvalue weighted by Crippen LogP contribution is -2.46. The number of carboxylic acids is 1. The Bertz CT molecular complexity index is 1900. The van der Waals surface area contributed by atoms with E-state index in [1.807, 2.05) is 0 Å². The highest BCUT2D eigenvalue weighted by Crippen LogP contribution is 2.54. The van der Waals surface area contributed by atoms with E-state index in [2.05, 4.69) is 5.32 Å². The molecule has 3 heterocycles. The molecule has 0 aliphatic carbocycles. The lowest BCUT2D eigenvalue weighted by Gasteiger charge is -2.38. The molecule has 0 radical (unpaired) electrons. The third kappa shape index (κ3) is 8.17. The number of hydrogen-bond acceptors (Lipinski definition) is 13. The minimum absolute atomic E-state index is 0.0301. The molecule has 3 aliphatic heterocycles. The largest absolute Gasteiger partial charge is 0.507 e. The van der Waals surface area contributed by atoms with Crippen LogP contribution in [0, 0.1) is 30.6 Å². The summed E-state index contributed by atoms with van der Waals surface area (Å²) in [4.78, 5) is 51.3. The normalized spacial score (nSPS) is 31.5. The van der Waals surface area contributed by atoms with Crippen LogP contribution in [0.5, 0.6) is 23.0 Å². The van der Waals surface area contributed by atoms with Crippen molar-refractivity contribution in [3.63, 3.8) is 0 Å². The fourth-order valence-electron chi connectivity index (χ4n) is 6.89. The van der Waals surface area contributed by atoms with Gasteiger partial charge in [-0.05, 0) is 19.9 Å². The van der Waals surface area contributed by atoms with Gasteiger partial charge in [0, 0.05) is 67.2 Å². The molecular weight excluding hydrogens is 706 g/mol. The molecule has 15 heteroatoms. The van der Waals surface area contributed by atoms with E-state index in [1.165, 1.54) is 53.2 Å². The second-order valence-electron chi connectivity index (χ2n) is 14.1. The van der Waals surface area contributed by atoms with Crippen molar-refractivity contribution in [3.8, 4) is 23.0 Å². The molecule has 0 fully saturated rings. The fourth-order valence-corrected chi connectivity index (χ4v) is 6.89. The van der Waals surface area contributed by atoms with Gasteiger partial charge >= 0.3 is 17.7 Å². The summed E-state index contributed by atoms with van der Waals surface area (Å²) in [5, 5.41) is 57.0. The highest BCUT2D eigenvalue weighted by Gasteiger charge is 2.49. The van der Waals surface area contributed by atoms with Gasteiger partial charge in [-0.1, -0.05) is 45.9 Å². The number of amides is 1. The lowest BCUT2D eigenvalue weighted by atomic mass is 9.78. The standard InChI is InChI=1S/C39H49NO14/c1-17-11-10-12-18(2)38(49)40-24-15-26(51-16-27(42)43)28-29(34(24)47)33(46)22(6)36-30(28)37(48)39(8,54-36)52-14-13-25(50-9)19(3)35(53-23(7)41)21(5)32(45)20(4)31(17)44/h10-15,17,19-21,25,31-32,35,44-47H,16H2,1-9H3,(H,40,49)(H,42,43)/b11-10-,14-13-,18-12-/t17-,19+,20+,21+,25-,31-,32+,35+,39+/m0/s1. The Balaban J connectivity index is 1.93. The van der Waals surface area contributed by atoms with Crippen molar-refractivity contribution in [1.82, 2.24) is 0 Å². The van der Waals surface area contributed by atoms with E-state index in [0.29, 0.717) is 0 Å². The molecule has 2 aromatic rings. The molecule has 2 aromatic carbocycles. The van der Waals surface area contributed by atoms with E-state index in [0.717, 1.165) is 6.07 Å². The Morgan fingerprint density at radius 1 is 0.963 bits per heavy atom. The molecule has 294 valence electrons. The van der Waals surface area contributed by atoms with Gasteiger partial charge in [-0.15, -0.1) is 0 Å². The highest BCUT2D eigenvalue weighted by atomic mass is 16.7. The van der Waals surface area contributed by atoms with Crippen molar-refractivity contribution in [1.29, 1.82) is 0 Å². The molecule has 0 unspecified atom stereocenters. The molecule has 0 saturated heterocycles. The van der Waals surface area contributed by atoms with E-state index in [4.69, 9.17) is 23.7 Å². The molecule has 0 aromatic heterocycles. The van der Waals surface area contributed by atoms with Crippen molar-refractivity contribution in [2.45, 2.75) is 85.6 Å². The number of aromatic hydroxyl groups is 2. The zero-order chi connectivity index (χ0) is 40.4. The van der Waals surface area contributed by atoms with Crippen LogP contribution in [0.3, 0.4) is 0 Å². The number of carboxylic acid groups (broad SMARTS) is 1. The van der Waals surface area contributed by atoms with Crippen LogP contribution < -0.4 is 14.8 Å². The maximum Gasteiger partial charge on any atom is 0.341 e. The number of aliphatic hydroxyl groups is 2. The average molecular weight is 756 g/mol. The van der Waals surface area contributed by atoms with Crippen LogP contribution in [0.15, 0.2) is 42.2 Å². The lowest BCUT2D eigenvalue weighted by molar-refractivity contribution is -0.160. The first-order chi connectivity index (χ1) is 25.2. The van der Waals surface area contributed by atoms with Gasteiger partial charge in [0.25, 0.3) is 11.7 Å². The van der Waals surface area contributed by atoms with Gasteiger partial charge < -0.3 is 54.5 Å². The number of phenols is 2. The van der Waals surface area contributed by atoms with Crippen LogP contribution in [0.1, 0.15) is 64.4 Å². The fraction of sp³-hybridized carbons (Fsp3) is 0.487. The Hall–Kier alpha value is -5.12. The number of nitrogens with one attached hydrogen (secondary N) is 1. The first-order valence-electron chi connectivity index (χ1n) is 17.5. The summed E-state index contributed by atoms with van der Waals surface area (Å²) in [5.41, 5.74) is -0.251. The number of methoxy groups -OCH3 is 1. The van der Waals surface area contributed by atoms with Crippen LogP contribution in [-0.2, 0) is 28.6 Å². The summed E-state index contributed by atoms with van der Waals surface area (Å²) >= 11 is 0. The number of ether oxygens (including phenoxy) is 5. The number of Topliss-reactive ketones (excluding diaryl/α,β-unsaturated/α-hetero) is 1. The summed E-state index contributed by atoms with van der Waals surface area (Å²) in [7, 11) is 1.41. The van der Waals surface area contributed by atoms with Crippen LogP contribution in [0.4, 0.5) is 5.69 Å². The third-order valence-corrected chi connectivity index (χ3v) is 10.2. The molecule has 9 atom stereocenters. The number of carbonyl (C=O) groups is 4. The van der Waals surface area contributed by atoms with Gasteiger partial charge in [-0.25, -0.2) is 4.79 Å². The van der Waals surface area contributed by atoms with Gasteiger partial charge in [-0.2, -0.15) is 0 Å². The van der Waals surface area contributed by atoms with Crippen LogP contribution in [0.25, 0.3) is 10.8 Å². The van der Waals surface area contributed by atoms with Gasteiger partial charge in [-0.3, -0.25) is 14.4 Å². The number of ketones is 1. The number of esters is 1. The van der Waals surface area contributed by atoms with Crippen molar-refractivity contribution in [3.05, 3.63) is 53.3 Å². The van der Waals surface area contributed by atoms with Gasteiger partial charge in [0.15, 0.2) is 12.4 Å². The number of fused-ring (bicyclic) bond motifs is 14. The molecule has 0 saturated carbocycles. The smallest absolute Gasteiger partial charge is 0.341 e. The van der Waals surface area contributed by atoms with Crippen molar-refractivity contribution in [2.75, 3.05) is 19.0 Å². The van der Waals surface area contributed by atoms with Crippen LogP contribution >= 0.6 is 0 Å². The molecule has 5 bridgehead atoms. The Labute approximate surface area is 312 Å². The van der Waals surface area contributed by atoms with E-state index < -0.39 is 95.6 Å². The molecule has 1 amide bonds. The SMILES string of the molecule is CO[C@H]1/C=C\O[C@]2(C)Oc3c(C)c(O)c4c(O)c(cc(OCC(=O)O)c4c3C2=O)NC(=O)/C(C)=C\C=C/[C@H](C)[C@H](O)[C@@H](C)[C@@H](O)[C@@H](C)[C@H](OC(C)=O)[C@@H]1C. The van der Waals surface area contributed by atoms with Crippen LogP contribution in [0.2, 0.25) is 0 Å². The highest BCUT2D eigenvalue weighted by molar-refractivity contribution is 6.21. The monoisotopic (exact) mass is 755 g/mol. The van der Waals surface area contributed by atoms with Gasteiger partial charge in [0.1, 0.15) is 23.4 Å². The second kappa shape index (κ2) is 16.5. The number of aliphatic hydroxyl groups excluding tert-OH is 2. The summed E-state index contributed by atoms with van der Waals surface area (Å²) in [6, 6.07) is 1.13.